The number of sulfonamides is 1. The van der Waals surface area contributed by atoms with Gasteiger partial charge < -0.3 is 5.11 Å². The Balaban J connectivity index is 2.21. The molecule has 22 heavy (non-hydrogen) atoms. The van der Waals surface area contributed by atoms with Gasteiger partial charge in [-0.1, -0.05) is 6.92 Å². The molecule has 9 nitrogen and oxygen atoms in total. The highest BCUT2D eigenvalue weighted by molar-refractivity contribution is 7.89. The van der Waals surface area contributed by atoms with Crippen LogP contribution < -0.4 is 0 Å². The average molecular weight is 325 g/mol. The smallest absolute Gasteiger partial charge is 0.307 e. The SMILES string of the molecule is CC(CN(C)S(=O)(=O)c1ccc(-n2cnnn2)cc1)C(=O)O. The zero-order valence-electron chi connectivity index (χ0n) is 12.0. The summed E-state index contributed by atoms with van der Waals surface area (Å²) in [7, 11) is -2.39. The van der Waals surface area contributed by atoms with E-state index in [1.807, 2.05) is 0 Å². The standard InChI is InChI=1S/C12H15N5O4S/c1-9(12(18)19)7-16(2)22(20,21)11-5-3-10(4-6-11)17-8-13-14-15-17/h3-6,8-9H,7H2,1-2H3,(H,18,19). The van der Waals surface area contributed by atoms with Crippen molar-refractivity contribution in [2.75, 3.05) is 13.6 Å². The minimum Gasteiger partial charge on any atom is -0.481 e. The van der Waals surface area contributed by atoms with Crippen LogP contribution in [0.3, 0.4) is 0 Å². The molecule has 2 aromatic rings. The van der Waals surface area contributed by atoms with E-state index in [0.717, 1.165) is 4.31 Å². The van der Waals surface area contributed by atoms with Gasteiger partial charge in [-0.25, -0.2) is 17.4 Å². The molecule has 1 atom stereocenters. The topological polar surface area (TPSA) is 118 Å². The first-order chi connectivity index (χ1) is 10.3. The molecule has 0 saturated carbocycles. The van der Waals surface area contributed by atoms with E-state index in [1.54, 1.807) is 12.1 Å². The summed E-state index contributed by atoms with van der Waals surface area (Å²) in [5.74, 6) is -1.84. The van der Waals surface area contributed by atoms with Crippen LogP contribution in [0.25, 0.3) is 5.69 Å². The Bertz CT molecular complexity index is 742. The molecule has 1 N–H and O–H groups in total. The molecule has 1 unspecified atom stereocenters. The summed E-state index contributed by atoms with van der Waals surface area (Å²) in [6, 6.07) is 5.98. The van der Waals surface area contributed by atoms with E-state index < -0.39 is 21.9 Å². The van der Waals surface area contributed by atoms with Gasteiger partial charge in [-0.15, -0.1) is 5.10 Å². The van der Waals surface area contributed by atoms with Gasteiger partial charge in [0.2, 0.25) is 10.0 Å². The Morgan fingerprint density at radius 3 is 2.50 bits per heavy atom. The predicted molar refractivity (Wildman–Crippen MR) is 75.8 cm³/mol. The van der Waals surface area contributed by atoms with Gasteiger partial charge in [0.05, 0.1) is 16.5 Å². The van der Waals surface area contributed by atoms with Gasteiger partial charge in [0.1, 0.15) is 6.33 Å². The second-order valence-electron chi connectivity index (χ2n) is 4.77. The van der Waals surface area contributed by atoms with Crippen LogP contribution in [0.2, 0.25) is 0 Å². The molecule has 0 aliphatic rings. The van der Waals surface area contributed by atoms with E-state index in [2.05, 4.69) is 15.5 Å². The third kappa shape index (κ3) is 3.28. The molecule has 0 radical (unpaired) electrons. The van der Waals surface area contributed by atoms with Crippen molar-refractivity contribution in [3.63, 3.8) is 0 Å². The van der Waals surface area contributed by atoms with Gasteiger partial charge in [0, 0.05) is 13.6 Å². The Labute approximate surface area is 127 Å². The molecule has 1 aromatic carbocycles. The van der Waals surface area contributed by atoms with Crippen molar-refractivity contribution in [1.82, 2.24) is 24.5 Å². The maximum atomic E-state index is 12.4. The number of nitrogens with zero attached hydrogens (tertiary/aromatic N) is 5. The highest BCUT2D eigenvalue weighted by atomic mass is 32.2. The van der Waals surface area contributed by atoms with E-state index in [1.165, 1.54) is 37.1 Å². The summed E-state index contributed by atoms with van der Waals surface area (Å²) in [5, 5.41) is 19.6. The molecule has 0 spiro atoms. The predicted octanol–water partition coefficient (Wildman–Crippen LogP) is 0.00350. The summed E-state index contributed by atoms with van der Waals surface area (Å²) in [5.41, 5.74) is 0.616. The molecular weight excluding hydrogens is 310 g/mol. The van der Waals surface area contributed by atoms with Crippen molar-refractivity contribution in [3.05, 3.63) is 30.6 Å². The van der Waals surface area contributed by atoms with Crippen molar-refractivity contribution in [2.45, 2.75) is 11.8 Å². The van der Waals surface area contributed by atoms with Gasteiger partial charge in [-0.05, 0) is 34.7 Å². The molecule has 118 valence electrons. The first-order valence-corrected chi connectivity index (χ1v) is 7.79. The summed E-state index contributed by atoms with van der Waals surface area (Å²) in [6.45, 7) is 1.35. The summed E-state index contributed by atoms with van der Waals surface area (Å²) in [6.07, 6.45) is 1.39. The maximum Gasteiger partial charge on any atom is 0.307 e. The summed E-state index contributed by atoms with van der Waals surface area (Å²) in [4.78, 5) is 10.9. The lowest BCUT2D eigenvalue weighted by atomic mass is 10.2. The molecule has 0 aliphatic heterocycles. The van der Waals surface area contributed by atoms with E-state index in [9.17, 15) is 13.2 Å². The fraction of sp³-hybridized carbons (Fsp3) is 0.333. The molecule has 1 aromatic heterocycles. The van der Waals surface area contributed by atoms with E-state index in [0.29, 0.717) is 5.69 Å². The number of hydrogen-bond donors (Lipinski definition) is 1. The maximum absolute atomic E-state index is 12.4. The average Bonchev–Trinajstić information content (AvgIpc) is 3.01. The summed E-state index contributed by atoms with van der Waals surface area (Å²) < 4.78 is 27.2. The van der Waals surface area contributed by atoms with Crippen LogP contribution >= 0.6 is 0 Å². The molecule has 0 amide bonds. The van der Waals surface area contributed by atoms with Gasteiger partial charge in [-0.3, -0.25) is 4.79 Å². The zero-order valence-corrected chi connectivity index (χ0v) is 12.8. The number of carbonyl (C=O) groups is 1. The Morgan fingerprint density at radius 1 is 1.36 bits per heavy atom. The number of tetrazole rings is 1. The van der Waals surface area contributed by atoms with Crippen LogP contribution in [-0.2, 0) is 14.8 Å². The second kappa shape index (κ2) is 6.20. The summed E-state index contributed by atoms with van der Waals surface area (Å²) >= 11 is 0. The van der Waals surface area contributed by atoms with Gasteiger partial charge in [0.25, 0.3) is 0 Å². The fourth-order valence-corrected chi connectivity index (χ4v) is 3.05. The minimum atomic E-state index is -3.74. The highest BCUT2D eigenvalue weighted by Gasteiger charge is 2.24. The number of benzene rings is 1. The molecule has 10 heteroatoms. The fourth-order valence-electron chi connectivity index (χ4n) is 1.79. The van der Waals surface area contributed by atoms with E-state index in [-0.39, 0.29) is 11.4 Å². The molecular formula is C12H15N5O4S. The molecule has 0 bridgehead atoms. The highest BCUT2D eigenvalue weighted by Crippen LogP contribution is 2.17. The Hall–Kier alpha value is -2.33. The first-order valence-electron chi connectivity index (χ1n) is 6.35. The van der Waals surface area contributed by atoms with Crippen LogP contribution in [0.4, 0.5) is 0 Å². The molecule has 0 aliphatic carbocycles. The van der Waals surface area contributed by atoms with Crippen molar-refractivity contribution < 1.29 is 18.3 Å². The molecule has 0 fully saturated rings. The van der Waals surface area contributed by atoms with Gasteiger partial charge >= 0.3 is 5.97 Å². The first kappa shape index (κ1) is 16.0. The quantitative estimate of drug-likeness (QED) is 0.794. The van der Waals surface area contributed by atoms with E-state index in [4.69, 9.17) is 5.11 Å². The molecule has 2 rings (SSSR count). The number of carboxylic acids is 1. The van der Waals surface area contributed by atoms with Crippen molar-refractivity contribution in [1.29, 1.82) is 0 Å². The Morgan fingerprint density at radius 2 is 2.00 bits per heavy atom. The van der Waals surface area contributed by atoms with Crippen LogP contribution in [0, 0.1) is 5.92 Å². The number of aliphatic carboxylic acids is 1. The van der Waals surface area contributed by atoms with E-state index >= 15 is 0 Å². The Kier molecular flexibility index (Phi) is 4.52. The molecule has 0 saturated heterocycles. The number of rotatable bonds is 6. The third-order valence-corrected chi connectivity index (χ3v) is 4.95. The zero-order chi connectivity index (χ0) is 16.3. The van der Waals surface area contributed by atoms with Crippen LogP contribution in [-0.4, -0.2) is 57.6 Å². The normalized spacial score (nSPS) is 13.2. The van der Waals surface area contributed by atoms with Gasteiger partial charge in [-0.2, -0.15) is 0 Å². The number of hydrogen-bond acceptors (Lipinski definition) is 6. The lowest BCUT2D eigenvalue weighted by molar-refractivity contribution is -0.141. The lowest BCUT2D eigenvalue weighted by Gasteiger charge is -2.19. The van der Waals surface area contributed by atoms with Crippen LogP contribution in [0.1, 0.15) is 6.92 Å². The second-order valence-corrected chi connectivity index (χ2v) is 6.82. The largest absolute Gasteiger partial charge is 0.481 e. The number of carboxylic acid groups (broad SMARTS) is 1. The van der Waals surface area contributed by atoms with Crippen molar-refractivity contribution in [3.8, 4) is 5.69 Å². The van der Waals surface area contributed by atoms with Crippen molar-refractivity contribution in [2.24, 2.45) is 5.92 Å². The molecule has 1 heterocycles. The van der Waals surface area contributed by atoms with Gasteiger partial charge in [0.15, 0.2) is 0 Å². The third-order valence-electron chi connectivity index (χ3n) is 3.11. The monoisotopic (exact) mass is 325 g/mol. The number of aromatic nitrogens is 4. The van der Waals surface area contributed by atoms with Crippen LogP contribution in [0.5, 0.6) is 0 Å². The van der Waals surface area contributed by atoms with Crippen LogP contribution in [0.15, 0.2) is 35.5 Å². The minimum absolute atomic E-state index is 0.0735. The van der Waals surface area contributed by atoms with Crippen molar-refractivity contribution >= 4 is 16.0 Å². The lowest BCUT2D eigenvalue weighted by Crippen LogP contribution is -2.33.